The SMILES string of the molecule is COc1ccc([C@@H]2CC(c3ccccc3O)=NN2C(=O)/C=C/c2ccccc2)cc1. The zero-order valence-corrected chi connectivity index (χ0v) is 16.6. The van der Waals surface area contributed by atoms with Crippen LogP contribution in [0.15, 0.2) is 90.0 Å². The Labute approximate surface area is 175 Å². The van der Waals surface area contributed by atoms with E-state index in [1.165, 1.54) is 11.1 Å². The minimum absolute atomic E-state index is 0.152. The number of hydrogen-bond acceptors (Lipinski definition) is 4. The Morgan fingerprint density at radius 2 is 1.73 bits per heavy atom. The molecule has 0 spiro atoms. The maximum atomic E-state index is 13.0. The second-order valence-corrected chi connectivity index (χ2v) is 6.98. The lowest BCUT2D eigenvalue weighted by molar-refractivity contribution is -0.127. The number of phenols is 1. The molecule has 3 aromatic carbocycles. The Kier molecular flexibility index (Phi) is 5.61. The number of hydrazone groups is 1. The molecule has 0 unspecified atom stereocenters. The van der Waals surface area contributed by atoms with E-state index in [4.69, 9.17) is 4.74 Å². The molecule has 0 saturated heterocycles. The van der Waals surface area contributed by atoms with Crippen molar-refractivity contribution < 1.29 is 14.6 Å². The highest BCUT2D eigenvalue weighted by Gasteiger charge is 2.33. The Hall–Kier alpha value is -3.86. The molecule has 1 heterocycles. The molecular formula is C25H22N2O3. The Balaban J connectivity index is 1.66. The van der Waals surface area contributed by atoms with Gasteiger partial charge in [0, 0.05) is 18.1 Å². The smallest absolute Gasteiger partial charge is 0.267 e. The topological polar surface area (TPSA) is 62.1 Å². The predicted molar refractivity (Wildman–Crippen MR) is 117 cm³/mol. The molecule has 1 atom stereocenters. The zero-order valence-electron chi connectivity index (χ0n) is 16.6. The van der Waals surface area contributed by atoms with Gasteiger partial charge in [-0.1, -0.05) is 54.6 Å². The third kappa shape index (κ3) is 4.10. The van der Waals surface area contributed by atoms with Gasteiger partial charge in [-0.05, 0) is 41.5 Å². The van der Waals surface area contributed by atoms with Crippen LogP contribution in [0, 0.1) is 0 Å². The Morgan fingerprint density at radius 3 is 2.43 bits per heavy atom. The molecular weight excluding hydrogens is 376 g/mol. The lowest BCUT2D eigenvalue weighted by Gasteiger charge is -2.21. The van der Waals surface area contributed by atoms with E-state index in [0.717, 1.165) is 16.9 Å². The van der Waals surface area contributed by atoms with Crippen molar-refractivity contribution in [1.29, 1.82) is 0 Å². The van der Waals surface area contributed by atoms with Crippen molar-refractivity contribution in [2.45, 2.75) is 12.5 Å². The number of aromatic hydroxyl groups is 1. The number of nitrogens with zero attached hydrogens (tertiary/aromatic N) is 2. The Morgan fingerprint density at radius 1 is 1.03 bits per heavy atom. The average Bonchev–Trinajstić information content (AvgIpc) is 3.24. The molecule has 0 bridgehead atoms. The van der Waals surface area contributed by atoms with Crippen LogP contribution in [-0.4, -0.2) is 28.8 Å². The second kappa shape index (κ2) is 8.66. The van der Waals surface area contributed by atoms with E-state index in [9.17, 15) is 9.90 Å². The number of benzene rings is 3. The van der Waals surface area contributed by atoms with Gasteiger partial charge in [0.1, 0.15) is 11.5 Å². The maximum Gasteiger partial charge on any atom is 0.267 e. The summed E-state index contributed by atoms with van der Waals surface area (Å²) < 4.78 is 5.25. The number of carbonyl (C=O) groups is 1. The third-order valence-corrected chi connectivity index (χ3v) is 5.07. The summed E-state index contributed by atoms with van der Waals surface area (Å²) in [5.41, 5.74) is 3.20. The fourth-order valence-corrected chi connectivity index (χ4v) is 3.49. The van der Waals surface area contributed by atoms with Gasteiger partial charge in [0.25, 0.3) is 5.91 Å². The lowest BCUT2D eigenvalue weighted by atomic mass is 9.98. The van der Waals surface area contributed by atoms with E-state index in [1.807, 2.05) is 66.7 Å². The van der Waals surface area contributed by atoms with E-state index in [2.05, 4.69) is 5.10 Å². The van der Waals surface area contributed by atoms with E-state index in [0.29, 0.717) is 17.7 Å². The molecule has 30 heavy (non-hydrogen) atoms. The molecule has 0 aromatic heterocycles. The number of para-hydroxylation sites is 1. The summed E-state index contributed by atoms with van der Waals surface area (Å²) in [5.74, 6) is 0.685. The van der Waals surface area contributed by atoms with Crippen LogP contribution in [0.5, 0.6) is 11.5 Å². The molecule has 0 aliphatic carbocycles. The summed E-state index contributed by atoms with van der Waals surface area (Å²) in [7, 11) is 1.62. The summed E-state index contributed by atoms with van der Waals surface area (Å²) >= 11 is 0. The van der Waals surface area contributed by atoms with Crippen LogP contribution in [0.2, 0.25) is 0 Å². The van der Waals surface area contributed by atoms with E-state index >= 15 is 0 Å². The van der Waals surface area contributed by atoms with Crippen LogP contribution in [0.4, 0.5) is 0 Å². The van der Waals surface area contributed by atoms with Crippen LogP contribution >= 0.6 is 0 Å². The first-order chi connectivity index (χ1) is 14.7. The van der Waals surface area contributed by atoms with Crippen LogP contribution in [0.1, 0.15) is 29.2 Å². The van der Waals surface area contributed by atoms with Crippen molar-refractivity contribution in [2.75, 3.05) is 7.11 Å². The highest BCUT2D eigenvalue weighted by molar-refractivity contribution is 6.06. The van der Waals surface area contributed by atoms with Crippen molar-refractivity contribution in [3.8, 4) is 11.5 Å². The molecule has 1 amide bonds. The van der Waals surface area contributed by atoms with Crippen molar-refractivity contribution >= 4 is 17.7 Å². The zero-order chi connectivity index (χ0) is 20.9. The molecule has 5 nitrogen and oxygen atoms in total. The normalized spacial score (nSPS) is 16.0. The summed E-state index contributed by atoms with van der Waals surface area (Å²) in [6, 6.07) is 24.1. The quantitative estimate of drug-likeness (QED) is 0.629. The number of carbonyl (C=O) groups excluding carboxylic acids is 1. The molecule has 1 aliphatic rings. The van der Waals surface area contributed by atoms with Gasteiger partial charge in [-0.25, -0.2) is 5.01 Å². The molecule has 0 saturated carbocycles. The number of hydrogen-bond donors (Lipinski definition) is 1. The average molecular weight is 398 g/mol. The highest BCUT2D eigenvalue weighted by Crippen LogP contribution is 2.35. The van der Waals surface area contributed by atoms with Crippen molar-refractivity contribution in [2.24, 2.45) is 5.10 Å². The molecule has 4 rings (SSSR count). The summed E-state index contributed by atoms with van der Waals surface area (Å²) in [6.07, 6.45) is 3.82. The van der Waals surface area contributed by atoms with Crippen molar-refractivity contribution in [3.63, 3.8) is 0 Å². The van der Waals surface area contributed by atoms with Gasteiger partial charge in [-0.2, -0.15) is 5.10 Å². The molecule has 0 radical (unpaired) electrons. The van der Waals surface area contributed by atoms with Crippen LogP contribution in [-0.2, 0) is 4.79 Å². The molecule has 1 aliphatic heterocycles. The monoisotopic (exact) mass is 398 g/mol. The highest BCUT2D eigenvalue weighted by atomic mass is 16.5. The van der Waals surface area contributed by atoms with E-state index in [-0.39, 0.29) is 17.7 Å². The predicted octanol–water partition coefficient (Wildman–Crippen LogP) is 4.79. The van der Waals surface area contributed by atoms with Gasteiger partial charge in [0.2, 0.25) is 0 Å². The third-order valence-electron chi connectivity index (χ3n) is 5.07. The number of amides is 1. The summed E-state index contributed by atoms with van der Waals surface area (Å²) in [5, 5.41) is 16.3. The lowest BCUT2D eigenvalue weighted by Crippen LogP contribution is -2.25. The van der Waals surface area contributed by atoms with Crippen molar-refractivity contribution in [3.05, 3.63) is 102 Å². The van der Waals surface area contributed by atoms with Gasteiger partial charge in [0.15, 0.2) is 0 Å². The van der Waals surface area contributed by atoms with Crippen molar-refractivity contribution in [1.82, 2.24) is 5.01 Å². The molecule has 150 valence electrons. The van der Waals surface area contributed by atoms with Gasteiger partial charge in [-0.3, -0.25) is 4.79 Å². The first kappa shape index (κ1) is 19.5. The number of ether oxygens (including phenoxy) is 1. The minimum Gasteiger partial charge on any atom is -0.507 e. The molecule has 3 aromatic rings. The summed E-state index contributed by atoms with van der Waals surface area (Å²) in [6.45, 7) is 0. The van der Waals surface area contributed by atoms with Crippen LogP contribution in [0.25, 0.3) is 6.08 Å². The largest absolute Gasteiger partial charge is 0.507 e. The number of phenolic OH excluding ortho intramolecular Hbond substituents is 1. The summed E-state index contributed by atoms with van der Waals surface area (Å²) in [4.78, 5) is 13.0. The van der Waals surface area contributed by atoms with Crippen LogP contribution < -0.4 is 4.74 Å². The minimum atomic E-state index is -0.265. The first-order valence-corrected chi connectivity index (χ1v) is 9.72. The molecule has 0 fully saturated rings. The fraction of sp³-hybridized carbons (Fsp3) is 0.120. The fourth-order valence-electron chi connectivity index (χ4n) is 3.49. The standard InChI is InChI=1S/C25H22N2O3/c1-30-20-14-12-19(13-15-20)23-17-22(21-9-5-6-10-24(21)28)26-27(23)25(29)16-11-18-7-3-2-4-8-18/h2-16,23,28H,17H2,1H3/b16-11+/t23-/m0/s1. The molecule has 1 N–H and O–H groups in total. The second-order valence-electron chi connectivity index (χ2n) is 6.98. The molecule has 5 heteroatoms. The first-order valence-electron chi connectivity index (χ1n) is 9.72. The maximum absolute atomic E-state index is 13.0. The Bertz CT molecular complexity index is 1090. The van der Waals surface area contributed by atoms with Gasteiger partial charge in [0.05, 0.1) is 18.9 Å². The van der Waals surface area contributed by atoms with Gasteiger partial charge >= 0.3 is 0 Å². The van der Waals surface area contributed by atoms with E-state index in [1.54, 1.807) is 25.3 Å². The van der Waals surface area contributed by atoms with Gasteiger partial charge in [-0.15, -0.1) is 0 Å². The number of methoxy groups -OCH3 is 1. The van der Waals surface area contributed by atoms with Gasteiger partial charge < -0.3 is 9.84 Å². The van der Waals surface area contributed by atoms with Crippen LogP contribution in [0.3, 0.4) is 0 Å². The van der Waals surface area contributed by atoms with E-state index < -0.39 is 0 Å². The number of rotatable bonds is 5.